The fraction of sp³-hybridized carbons (Fsp3) is 0.229. The van der Waals surface area contributed by atoms with Crippen molar-refractivity contribution in [2.24, 2.45) is 23.7 Å². The van der Waals surface area contributed by atoms with Gasteiger partial charge in [0.1, 0.15) is 0 Å². The van der Waals surface area contributed by atoms with Crippen LogP contribution in [0.15, 0.2) is 84.9 Å². The molecular weight excluding hydrogens is 635 g/mol. The number of fused-ring (bicyclic) bond motifs is 6. The summed E-state index contributed by atoms with van der Waals surface area (Å²) in [6.07, 6.45) is 3.99. The molecule has 2 aliphatic carbocycles. The summed E-state index contributed by atoms with van der Waals surface area (Å²) in [7, 11) is 0. The first-order chi connectivity index (χ1) is 21.7. The van der Waals surface area contributed by atoms with Gasteiger partial charge in [-0.3, -0.25) is 19.3 Å². The minimum atomic E-state index is -1.12. The maximum Gasteiger partial charge on any atom is 0.339 e. The van der Waals surface area contributed by atoms with Gasteiger partial charge in [0.25, 0.3) is 0 Å². The topological polar surface area (TPSA) is 93.6 Å². The van der Waals surface area contributed by atoms with Gasteiger partial charge in [-0.2, -0.15) is 0 Å². The molecule has 1 aliphatic heterocycles. The minimum absolute atomic E-state index is 0.0964. The van der Waals surface area contributed by atoms with Gasteiger partial charge in [-0.05, 0) is 78.9 Å². The molecule has 3 aromatic carbocycles. The fourth-order valence-electron chi connectivity index (χ4n) is 6.79. The van der Waals surface area contributed by atoms with Gasteiger partial charge in [-0.1, -0.05) is 47.5 Å². The van der Waals surface area contributed by atoms with E-state index in [4.69, 9.17) is 44.5 Å². The van der Waals surface area contributed by atoms with E-state index in [1.165, 1.54) is 4.90 Å². The summed E-state index contributed by atoms with van der Waals surface area (Å²) in [5.74, 6) is -1.67. The average molecular weight is 660 g/mol. The number of ether oxygens (including phenoxy) is 1. The van der Waals surface area contributed by atoms with E-state index in [0.717, 1.165) is 6.42 Å². The molecule has 5 unspecified atom stereocenters. The van der Waals surface area contributed by atoms with Gasteiger partial charge in [0.2, 0.25) is 17.6 Å². The number of ketones is 1. The third-order valence-corrected chi connectivity index (χ3v) is 9.63. The molecule has 226 valence electrons. The van der Waals surface area contributed by atoms with E-state index in [1.54, 1.807) is 72.8 Å². The van der Waals surface area contributed by atoms with Gasteiger partial charge >= 0.3 is 5.97 Å². The molecule has 1 aromatic heterocycles. The van der Waals surface area contributed by atoms with Gasteiger partial charge in [0.05, 0.1) is 34.3 Å². The normalized spacial score (nSPS) is 22.2. The second-order valence-corrected chi connectivity index (χ2v) is 12.8. The number of anilines is 1. The number of imide groups is 1. The van der Waals surface area contributed by atoms with Crippen molar-refractivity contribution in [3.63, 3.8) is 0 Å². The van der Waals surface area contributed by atoms with Crippen LogP contribution in [0.5, 0.6) is 0 Å². The monoisotopic (exact) mass is 658 g/mol. The number of halogens is 3. The molecule has 2 fully saturated rings. The van der Waals surface area contributed by atoms with Crippen LogP contribution in [-0.4, -0.2) is 40.5 Å². The lowest BCUT2D eigenvalue weighted by Gasteiger charge is -2.18. The molecule has 2 bridgehead atoms. The lowest BCUT2D eigenvalue weighted by Crippen LogP contribution is -2.32. The highest BCUT2D eigenvalue weighted by Gasteiger charge is 2.59. The molecule has 7 nitrogen and oxygen atoms in total. The van der Waals surface area contributed by atoms with Crippen molar-refractivity contribution in [2.75, 3.05) is 10.8 Å². The lowest BCUT2D eigenvalue weighted by atomic mass is 9.85. The Balaban J connectivity index is 1.19. The molecule has 2 amide bonds. The molecule has 45 heavy (non-hydrogen) atoms. The maximum atomic E-state index is 13.7. The summed E-state index contributed by atoms with van der Waals surface area (Å²) >= 11 is 18.2. The molecule has 1 saturated heterocycles. The van der Waals surface area contributed by atoms with E-state index in [9.17, 15) is 19.2 Å². The number of hydrogen-bond acceptors (Lipinski definition) is 6. The van der Waals surface area contributed by atoms with Crippen molar-refractivity contribution in [3.8, 4) is 11.3 Å². The third kappa shape index (κ3) is 5.23. The molecule has 10 heteroatoms. The zero-order chi connectivity index (χ0) is 31.4. The molecule has 7 rings (SSSR count). The predicted octanol–water partition coefficient (Wildman–Crippen LogP) is 7.56. The number of hydrogen-bond donors (Lipinski definition) is 0. The predicted molar refractivity (Wildman–Crippen MR) is 173 cm³/mol. The standard InChI is InChI=1S/C35H25Cl3N2O5/c36-14-13-29(32(41)19-3-7-22(37)8-4-19)45-35(44)26-17-28(39-27-12-9-23(38)16-25(26)27)18-5-10-24(11-6-18)40-33(42)30-20-1-2-21(15-20)31(30)34(40)43/h1-12,16-17,20-21,29-31H,13-15H2. The number of aromatic nitrogens is 1. The second-order valence-electron chi connectivity index (χ2n) is 11.5. The van der Waals surface area contributed by atoms with Gasteiger partial charge in [0, 0.05) is 38.9 Å². The summed E-state index contributed by atoms with van der Waals surface area (Å²) in [6, 6.07) is 19.8. The SMILES string of the molecule is O=C(OC(CCCl)C(=O)c1ccc(Cl)cc1)c1cc(-c2ccc(N3C(=O)C4C5C=CC(C5)C4C3=O)cc2)nc2ccc(Cl)cc12. The number of carbonyl (C=O) groups excluding carboxylic acids is 4. The third-order valence-electron chi connectivity index (χ3n) is 8.92. The first kappa shape index (κ1) is 29.7. The largest absolute Gasteiger partial charge is 0.450 e. The Hall–Kier alpha value is -4.04. The molecule has 0 spiro atoms. The Morgan fingerprint density at radius 1 is 0.867 bits per heavy atom. The first-order valence-electron chi connectivity index (χ1n) is 14.6. The summed E-state index contributed by atoms with van der Waals surface area (Å²) in [5.41, 5.74) is 2.62. The number of pyridine rings is 1. The van der Waals surface area contributed by atoms with Crippen LogP contribution in [-0.2, 0) is 14.3 Å². The number of rotatable bonds is 8. The highest BCUT2D eigenvalue weighted by molar-refractivity contribution is 6.31. The fourth-order valence-corrected chi connectivity index (χ4v) is 7.28. The highest BCUT2D eigenvalue weighted by atomic mass is 35.5. The Morgan fingerprint density at radius 2 is 1.51 bits per heavy atom. The highest BCUT2D eigenvalue weighted by Crippen LogP contribution is 2.53. The first-order valence-corrected chi connectivity index (χ1v) is 15.9. The average Bonchev–Trinajstić information content (AvgIpc) is 3.73. The van der Waals surface area contributed by atoms with E-state index in [-0.39, 0.29) is 53.4 Å². The molecule has 0 radical (unpaired) electrons. The molecule has 5 atom stereocenters. The Kier molecular flexibility index (Phi) is 7.72. The number of alkyl halides is 1. The van der Waals surface area contributed by atoms with E-state index in [2.05, 4.69) is 12.2 Å². The van der Waals surface area contributed by atoms with Crippen LogP contribution in [0.1, 0.15) is 33.6 Å². The smallest absolute Gasteiger partial charge is 0.339 e. The summed E-state index contributed by atoms with van der Waals surface area (Å²) in [6.45, 7) is 0. The van der Waals surface area contributed by atoms with Crippen molar-refractivity contribution in [3.05, 3.63) is 106 Å². The molecule has 0 N–H and O–H groups in total. The summed E-state index contributed by atoms with van der Waals surface area (Å²) in [4.78, 5) is 59.5. The number of carbonyl (C=O) groups is 4. The van der Waals surface area contributed by atoms with Crippen LogP contribution in [0, 0.1) is 23.7 Å². The van der Waals surface area contributed by atoms with E-state index >= 15 is 0 Å². The van der Waals surface area contributed by atoms with E-state index < -0.39 is 17.9 Å². The van der Waals surface area contributed by atoms with Gasteiger partial charge < -0.3 is 4.74 Å². The summed E-state index contributed by atoms with van der Waals surface area (Å²) in [5, 5.41) is 1.33. The zero-order valence-electron chi connectivity index (χ0n) is 23.7. The zero-order valence-corrected chi connectivity index (χ0v) is 25.9. The van der Waals surface area contributed by atoms with Crippen molar-refractivity contribution in [1.82, 2.24) is 4.98 Å². The van der Waals surface area contributed by atoms with Crippen molar-refractivity contribution >= 4 is 75.0 Å². The quantitative estimate of drug-likeness (QED) is 0.0637. The molecule has 2 heterocycles. The van der Waals surface area contributed by atoms with Crippen molar-refractivity contribution < 1.29 is 23.9 Å². The minimum Gasteiger partial charge on any atom is -0.450 e. The number of amides is 2. The molecule has 3 aliphatic rings. The number of allylic oxidation sites excluding steroid dienone is 2. The van der Waals surface area contributed by atoms with Gasteiger partial charge in [-0.25, -0.2) is 9.78 Å². The maximum absolute atomic E-state index is 13.7. The molecular formula is C35H25Cl3N2O5. The number of Topliss-reactive ketones (excluding diaryl/α,β-unsaturated/α-hetero) is 1. The van der Waals surface area contributed by atoms with Crippen LogP contribution in [0.25, 0.3) is 22.2 Å². The molecule has 1 saturated carbocycles. The van der Waals surface area contributed by atoms with Crippen LogP contribution in [0.3, 0.4) is 0 Å². The Bertz CT molecular complexity index is 1880. The van der Waals surface area contributed by atoms with Gasteiger partial charge in [-0.15, -0.1) is 11.6 Å². The van der Waals surface area contributed by atoms with Gasteiger partial charge in [0.15, 0.2) is 6.10 Å². The number of benzene rings is 3. The van der Waals surface area contributed by atoms with E-state index in [0.29, 0.717) is 43.5 Å². The van der Waals surface area contributed by atoms with E-state index in [1.807, 2.05) is 0 Å². The Morgan fingerprint density at radius 3 is 2.16 bits per heavy atom. The van der Waals surface area contributed by atoms with Crippen molar-refractivity contribution in [1.29, 1.82) is 0 Å². The second kappa shape index (κ2) is 11.7. The van der Waals surface area contributed by atoms with Crippen LogP contribution >= 0.6 is 34.8 Å². The van der Waals surface area contributed by atoms with Crippen LogP contribution in [0.2, 0.25) is 10.0 Å². The number of nitrogens with zero attached hydrogens (tertiary/aromatic N) is 2. The van der Waals surface area contributed by atoms with Crippen LogP contribution < -0.4 is 4.90 Å². The Labute approximate surface area is 273 Å². The number of esters is 1. The molecule has 4 aromatic rings. The van der Waals surface area contributed by atoms with Crippen LogP contribution in [0.4, 0.5) is 5.69 Å². The lowest BCUT2D eigenvalue weighted by molar-refractivity contribution is -0.123. The summed E-state index contributed by atoms with van der Waals surface area (Å²) < 4.78 is 5.77. The van der Waals surface area contributed by atoms with Crippen molar-refractivity contribution in [2.45, 2.75) is 18.9 Å².